The van der Waals surface area contributed by atoms with Crippen LogP contribution in [0.2, 0.25) is 0 Å². The molecule has 0 atom stereocenters. The summed E-state index contributed by atoms with van der Waals surface area (Å²) < 4.78 is 38.6. The molecule has 2 aliphatic heterocycles. The lowest BCUT2D eigenvalue weighted by molar-refractivity contribution is -0.137. The van der Waals surface area contributed by atoms with E-state index in [1.54, 1.807) is 11.0 Å². The van der Waals surface area contributed by atoms with Crippen molar-refractivity contribution in [2.75, 3.05) is 13.1 Å². The normalized spacial score (nSPS) is 18.1. The Hall–Kier alpha value is -2.05. The van der Waals surface area contributed by atoms with Crippen LogP contribution in [0.25, 0.3) is 0 Å². The van der Waals surface area contributed by atoms with Crippen LogP contribution in [0.5, 0.6) is 0 Å². The van der Waals surface area contributed by atoms with Gasteiger partial charge in [-0.3, -0.25) is 9.89 Å². The first kappa shape index (κ1) is 11.1. The van der Waals surface area contributed by atoms with Crippen molar-refractivity contribution in [1.82, 2.24) is 4.90 Å². The summed E-state index contributed by atoms with van der Waals surface area (Å²) in [5.74, 6) is 0.541. The molecular weight excluding hydrogens is 245 g/mol. The number of hydrogen-bond donors (Lipinski definition) is 1. The summed E-state index contributed by atoms with van der Waals surface area (Å²) in [5.41, 5.74) is 5.14. The molecule has 4 nitrogen and oxygen atoms in total. The first-order chi connectivity index (χ1) is 8.48. The molecule has 1 aromatic carbocycles. The Bertz CT molecular complexity index is 574. The van der Waals surface area contributed by atoms with E-state index in [0.29, 0.717) is 24.5 Å². The first-order valence-corrected chi connectivity index (χ1v) is 5.35. The van der Waals surface area contributed by atoms with Crippen molar-refractivity contribution in [3.8, 4) is 0 Å². The molecule has 7 heteroatoms. The van der Waals surface area contributed by atoms with Gasteiger partial charge in [-0.05, 0) is 12.1 Å². The average Bonchev–Trinajstić information content (AvgIpc) is 2.77. The summed E-state index contributed by atoms with van der Waals surface area (Å²) in [7, 11) is 0. The summed E-state index contributed by atoms with van der Waals surface area (Å²) in [4.78, 5) is 9.69. The van der Waals surface area contributed by atoms with Gasteiger partial charge < -0.3 is 5.73 Å². The van der Waals surface area contributed by atoms with Crippen LogP contribution in [0.15, 0.2) is 28.2 Å². The molecule has 0 aliphatic carbocycles. The summed E-state index contributed by atoms with van der Waals surface area (Å²) in [5, 5.41) is 0. The topological polar surface area (TPSA) is 54.0 Å². The van der Waals surface area contributed by atoms with E-state index >= 15 is 0 Å². The number of para-hydroxylation sites is 1. The molecule has 0 saturated heterocycles. The maximum atomic E-state index is 12.9. The largest absolute Gasteiger partial charge is 0.418 e. The molecule has 2 aliphatic rings. The molecular formula is C11H9F3N4. The van der Waals surface area contributed by atoms with Crippen LogP contribution in [-0.2, 0) is 6.18 Å². The molecule has 1 aromatic rings. The Balaban J connectivity index is 2.26. The van der Waals surface area contributed by atoms with Crippen LogP contribution in [0.4, 0.5) is 18.9 Å². The zero-order chi connectivity index (χ0) is 12.9. The van der Waals surface area contributed by atoms with Gasteiger partial charge in [0, 0.05) is 12.1 Å². The fraction of sp³-hybridized carbons (Fsp3) is 0.273. The van der Waals surface area contributed by atoms with Crippen LogP contribution in [0.1, 0.15) is 11.1 Å². The maximum absolute atomic E-state index is 12.9. The van der Waals surface area contributed by atoms with E-state index in [-0.39, 0.29) is 11.6 Å². The van der Waals surface area contributed by atoms with E-state index < -0.39 is 11.7 Å². The van der Waals surface area contributed by atoms with Gasteiger partial charge in [-0.2, -0.15) is 13.2 Å². The summed E-state index contributed by atoms with van der Waals surface area (Å²) in [6.45, 7) is 1.07. The molecule has 0 fully saturated rings. The van der Waals surface area contributed by atoms with E-state index in [1.807, 2.05) is 0 Å². The summed E-state index contributed by atoms with van der Waals surface area (Å²) >= 11 is 0. The van der Waals surface area contributed by atoms with Crippen molar-refractivity contribution in [1.29, 1.82) is 0 Å². The summed E-state index contributed by atoms with van der Waals surface area (Å²) in [6, 6.07) is 3.94. The second kappa shape index (κ2) is 3.47. The third-order valence-corrected chi connectivity index (χ3v) is 2.93. The number of halogens is 3. The lowest BCUT2D eigenvalue weighted by Crippen LogP contribution is -2.42. The van der Waals surface area contributed by atoms with Gasteiger partial charge in [0.15, 0.2) is 0 Å². The minimum atomic E-state index is -4.45. The standard InChI is InChI=1S/C11H9F3N4/c12-11(13,14)7-3-1-2-6-8(7)17-10(15)18-5-4-16-9(6)18/h1-3H,4-5H2,(H2,15,17). The fourth-order valence-electron chi connectivity index (χ4n) is 2.15. The molecule has 3 rings (SSSR count). The molecule has 0 unspecified atom stereocenters. The number of aliphatic imine (C=N–C) groups is 2. The molecule has 0 radical (unpaired) electrons. The molecule has 2 heterocycles. The van der Waals surface area contributed by atoms with Crippen molar-refractivity contribution in [3.05, 3.63) is 29.3 Å². The van der Waals surface area contributed by atoms with Gasteiger partial charge in [0.25, 0.3) is 0 Å². The van der Waals surface area contributed by atoms with Crippen molar-refractivity contribution in [3.63, 3.8) is 0 Å². The van der Waals surface area contributed by atoms with Crippen molar-refractivity contribution < 1.29 is 13.2 Å². The SMILES string of the molecule is NC1=Nc2c(cccc2C(F)(F)F)C2=NCCN12. The second-order valence-corrected chi connectivity index (χ2v) is 4.03. The Kier molecular flexibility index (Phi) is 2.13. The lowest BCUT2D eigenvalue weighted by atomic mass is 10.0. The van der Waals surface area contributed by atoms with Gasteiger partial charge in [-0.25, -0.2) is 4.99 Å². The predicted octanol–water partition coefficient (Wildman–Crippen LogP) is 1.73. The molecule has 0 bridgehead atoms. The molecule has 94 valence electrons. The molecule has 18 heavy (non-hydrogen) atoms. The quantitative estimate of drug-likeness (QED) is 0.766. The average molecular weight is 254 g/mol. The zero-order valence-electron chi connectivity index (χ0n) is 9.20. The molecule has 0 saturated carbocycles. The third kappa shape index (κ3) is 1.47. The van der Waals surface area contributed by atoms with Crippen LogP contribution in [0.3, 0.4) is 0 Å². The number of amidine groups is 1. The predicted molar refractivity (Wildman–Crippen MR) is 60.8 cm³/mol. The van der Waals surface area contributed by atoms with Crippen LogP contribution in [0, 0.1) is 0 Å². The Labute approximate surface area is 101 Å². The van der Waals surface area contributed by atoms with Gasteiger partial charge in [-0.1, -0.05) is 6.07 Å². The highest BCUT2D eigenvalue weighted by atomic mass is 19.4. The highest BCUT2D eigenvalue weighted by Crippen LogP contribution is 2.40. The van der Waals surface area contributed by atoms with Gasteiger partial charge in [0.05, 0.1) is 17.8 Å². The van der Waals surface area contributed by atoms with Crippen LogP contribution in [-0.4, -0.2) is 29.8 Å². The fourth-order valence-corrected chi connectivity index (χ4v) is 2.15. The van der Waals surface area contributed by atoms with Gasteiger partial charge in [0.2, 0.25) is 5.96 Å². The minimum absolute atomic E-state index is 0.0652. The Morgan fingerprint density at radius 2 is 2.06 bits per heavy atom. The highest BCUT2D eigenvalue weighted by Gasteiger charge is 2.38. The van der Waals surface area contributed by atoms with E-state index in [9.17, 15) is 13.2 Å². The minimum Gasteiger partial charge on any atom is -0.369 e. The van der Waals surface area contributed by atoms with Crippen LogP contribution >= 0.6 is 0 Å². The van der Waals surface area contributed by atoms with Crippen molar-refractivity contribution in [2.45, 2.75) is 6.18 Å². The van der Waals surface area contributed by atoms with E-state index in [4.69, 9.17) is 5.73 Å². The lowest BCUT2D eigenvalue weighted by Gasteiger charge is -2.26. The number of benzene rings is 1. The number of hydrogen-bond acceptors (Lipinski definition) is 4. The third-order valence-electron chi connectivity index (χ3n) is 2.93. The maximum Gasteiger partial charge on any atom is 0.418 e. The van der Waals surface area contributed by atoms with Crippen molar-refractivity contribution >= 4 is 17.5 Å². The highest BCUT2D eigenvalue weighted by molar-refractivity contribution is 6.15. The number of rotatable bonds is 0. The molecule has 2 N–H and O–H groups in total. The van der Waals surface area contributed by atoms with Gasteiger partial charge >= 0.3 is 6.18 Å². The number of fused-ring (bicyclic) bond motifs is 3. The molecule has 0 amide bonds. The molecule has 0 aromatic heterocycles. The smallest absolute Gasteiger partial charge is 0.369 e. The van der Waals surface area contributed by atoms with Gasteiger partial charge in [-0.15, -0.1) is 0 Å². The summed E-state index contributed by atoms with van der Waals surface area (Å²) in [6.07, 6.45) is -4.45. The first-order valence-electron chi connectivity index (χ1n) is 5.35. The zero-order valence-corrected chi connectivity index (χ0v) is 9.20. The van der Waals surface area contributed by atoms with Crippen molar-refractivity contribution in [2.24, 2.45) is 15.7 Å². The monoisotopic (exact) mass is 254 g/mol. The van der Waals surface area contributed by atoms with Crippen LogP contribution < -0.4 is 5.73 Å². The number of nitrogens with zero attached hydrogens (tertiary/aromatic N) is 3. The number of alkyl halides is 3. The number of nitrogens with two attached hydrogens (primary N) is 1. The van der Waals surface area contributed by atoms with E-state index in [0.717, 1.165) is 6.07 Å². The van der Waals surface area contributed by atoms with E-state index in [1.165, 1.54) is 6.07 Å². The molecule has 0 spiro atoms. The van der Waals surface area contributed by atoms with E-state index in [2.05, 4.69) is 9.98 Å². The second-order valence-electron chi connectivity index (χ2n) is 4.03. The number of guanidine groups is 1. The Morgan fingerprint density at radius 3 is 2.78 bits per heavy atom. The van der Waals surface area contributed by atoms with Gasteiger partial charge in [0.1, 0.15) is 5.84 Å². The Morgan fingerprint density at radius 1 is 1.28 bits per heavy atom.